The van der Waals surface area contributed by atoms with E-state index in [1.807, 2.05) is 6.92 Å². The van der Waals surface area contributed by atoms with Crippen LogP contribution >= 0.6 is 11.6 Å². The molecule has 1 heterocycles. The molecule has 3 N–H and O–H groups in total. The number of hydrogen-bond acceptors (Lipinski definition) is 3. The molecule has 0 bridgehead atoms. The van der Waals surface area contributed by atoms with Crippen molar-refractivity contribution in [3.8, 4) is 0 Å². The number of halogens is 1. The predicted octanol–water partition coefficient (Wildman–Crippen LogP) is 2.34. The van der Waals surface area contributed by atoms with Gasteiger partial charge in [0.05, 0.1) is 17.7 Å². The molecule has 0 aliphatic carbocycles. The van der Waals surface area contributed by atoms with Gasteiger partial charge in [0.2, 0.25) is 0 Å². The third-order valence-corrected chi connectivity index (χ3v) is 3.31. The average Bonchev–Trinajstić information content (AvgIpc) is 2.74. The number of rotatable bonds is 3. The zero-order valence-corrected chi connectivity index (χ0v) is 11.6. The summed E-state index contributed by atoms with van der Waals surface area (Å²) in [5.74, 6) is -1.10. The van der Waals surface area contributed by atoms with Crippen molar-refractivity contribution in [2.24, 2.45) is 0 Å². The fourth-order valence-electron chi connectivity index (χ4n) is 2.04. The Kier molecular flexibility index (Phi) is 4.46. The number of carboxylic acids is 1. The molecule has 6 nitrogen and oxygen atoms in total. The van der Waals surface area contributed by atoms with Crippen molar-refractivity contribution in [1.82, 2.24) is 5.32 Å². The molecule has 1 fully saturated rings. The Morgan fingerprint density at radius 3 is 2.75 bits per heavy atom. The topological polar surface area (TPSA) is 87.7 Å². The van der Waals surface area contributed by atoms with Crippen LogP contribution in [0.4, 0.5) is 10.5 Å². The van der Waals surface area contributed by atoms with Crippen molar-refractivity contribution in [1.29, 1.82) is 0 Å². The molecule has 1 saturated heterocycles. The Labute approximate surface area is 121 Å². The lowest BCUT2D eigenvalue weighted by molar-refractivity contribution is 0.0697. The quantitative estimate of drug-likeness (QED) is 0.799. The SMILES string of the molecule is CC1OCCC1NC(=O)Nc1cc(Cl)cc(C(=O)O)c1. The Hall–Kier alpha value is -1.79. The van der Waals surface area contributed by atoms with Gasteiger partial charge in [-0.25, -0.2) is 9.59 Å². The van der Waals surface area contributed by atoms with Crippen LogP contribution in [0, 0.1) is 0 Å². The van der Waals surface area contributed by atoms with Crippen LogP contribution in [0.2, 0.25) is 5.02 Å². The monoisotopic (exact) mass is 298 g/mol. The van der Waals surface area contributed by atoms with E-state index in [1.165, 1.54) is 18.2 Å². The van der Waals surface area contributed by atoms with E-state index in [1.54, 1.807) is 0 Å². The van der Waals surface area contributed by atoms with Gasteiger partial charge in [0, 0.05) is 17.3 Å². The normalized spacial score (nSPS) is 21.5. The van der Waals surface area contributed by atoms with Crippen LogP contribution in [-0.2, 0) is 4.74 Å². The van der Waals surface area contributed by atoms with Gasteiger partial charge in [-0.05, 0) is 31.5 Å². The number of carbonyl (C=O) groups is 2. The molecule has 1 aromatic rings. The van der Waals surface area contributed by atoms with Crippen molar-refractivity contribution >= 4 is 29.3 Å². The van der Waals surface area contributed by atoms with E-state index >= 15 is 0 Å². The zero-order valence-electron chi connectivity index (χ0n) is 10.9. The molecule has 1 aliphatic heterocycles. The van der Waals surface area contributed by atoms with Crippen molar-refractivity contribution in [2.45, 2.75) is 25.5 Å². The Balaban J connectivity index is 2.02. The Morgan fingerprint density at radius 2 is 2.15 bits per heavy atom. The van der Waals surface area contributed by atoms with Gasteiger partial charge in [-0.15, -0.1) is 0 Å². The average molecular weight is 299 g/mol. The summed E-state index contributed by atoms with van der Waals surface area (Å²) in [7, 11) is 0. The summed E-state index contributed by atoms with van der Waals surface area (Å²) in [6.45, 7) is 2.51. The number of aromatic carboxylic acids is 1. The van der Waals surface area contributed by atoms with Gasteiger partial charge in [0.25, 0.3) is 0 Å². The maximum Gasteiger partial charge on any atom is 0.335 e. The third kappa shape index (κ3) is 3.61. The molecular weight excluding hydrogens is 284 g/mol. The number of nitrogens with one attached hydrogen (secondary N) is 2. The first-order valence-electron chi connectivity index (χ1n) is 6.18. The van der Waals surface area contributed by atoms with E-state index in [4.69, 9.17) is 21.4 Å². The fourth-order valence-corrected chi connectivity index (χ4v) is 2.28. The first-order valence-corrected chi connectivity index (χ1v) is 6.56. The molecule has 7 heteroatoms. The molecule has 0 radical (unpaired) electrons. The van der Waals surface area contributed by atoms with E-state index in [0.717, 1.165) is 6.42 Å². The molecule has 1 aromatic carbocycles. The summed E-state index contributed by atoms with van der Waals surface area (Å²) >= 11 is 5.82. The number of carboxylic acid groups (broad SMARTS) is 1. The lowest BCUT2D eigenvalue weighted by Crippen LogP contribution is -2.41. The van der Waals surface area contributed by atoms with Gasteiger partial charge < -0.3 is 20.5 Å². The summed E-state index contributed by atoms with van der Waals surface area (Å²) in [6, 6.07) is 3.70. The number of hydrogen-bond donors (Lipinski definition) is 3. The zero-order chi connectivity index (χ0) is 14.7. The second kappa shape index (κ2) is 6.11. The smallest absolute Gasteiger partial charge is 0.335 e. The summed E-state index contributed by atoms with van der Waals surface area (Å²) < 4.78 is 5.34. The van der Waals surface area contributed by atoms with Gasteiger partial charge in [-0.1, -0.05) is 11.6 Å². The maximum atomic E-state index is 11.8. The van der Waals surface area contributed by atoms with Gasteiger partial charge >= 0.3 is 12.0 Å². The highest BCUT2D eigenvalue weighted by molar-refractivity contribution is 6.31. The van der Waals surface area contributed by atoms with Crippen molar-refractivity contribution in [3.05, 3.63) is 28.8 Å². The second-order valence-electron chi connectivity index (χ2n) is 4.60. The van der Waals surface area contributed by atoms with Crippen molar-refractivity contribution in [2.75, 3.05) is 11.9 Å². The Bertz CT molecular complexity index is 535. The third-order valence-electron chi connectivity index (χ3n) is 3.10. The molecule has 2 atom stereocenters. The highest BCUT2D eigenvalue weighted by Gasteiger charge is 2.25. The molecule has 2 rings (SSSR count). The molecule has 2 unspecified atom stereocenters. The van der Waals surface area contributed by atoms with Gasteiger partial charge in [-0.3, -0.25) is 0 Å². The minimum atomic E-state index is -1.10. The van der Waals surface area contributed by atoms with Gasteiger partial charge in [0.15, 0.2) is 0 Å². The van der Waals surface area contributed by atoms with E-state index in [0.29, 0.717) is 12.3 Å². The van der Waals surface area contributed by atoms with Crippen LogP contribution in [0.1, 0.15) is 23.7 Å². The minimum Gasteiger partial charge on any atom is -0.478 e. The molecule has 1 aliphatic rings. The van der Waals surface area contributed by atoms with Crippen LogP contribution in [0.25, 0.3) is 0 Å². The molecule has 0 spiro atoms. The van der Waals surface area contributed by atoms with E-state index in [9.17, 15) is 9.59 Å². The van der Waals surface area contributed by atoms with Gasteiger partial charge in [0.1, 0.15) is 0 Å². The number of carbonyl (C=O) groups excluding carboxylic acids is 1. The summed E-state index contributed by atoms with van der Waals surface area (Å²) in [5, 5.41) is 14.5. The lowest BCUT2D eigenvalue weighted by atomic mass is 10.1. The van der Waals surface area contributed by atoms with Gasteiger partial charge in [-0.2, -0.15) is 0 Å². The van der Waals surface area contributed by atoms with Crippen LogP contribution in [0.3, 0.4) is 0 Å². The van der Waals surface area contributed by atoms with Crippen molar-refractivity contribution < 1.29 is 19.4 Å². The molecule has 20 heavy (non-hydrogen) atoms. The highest BCUT2D eigenvalue weighted by atomic mass is 35.5. The van der Waals surface area contributed by atoms with E-state index in [-0.39, 0.29) is 22.7 Å². The predicted molar refractivity (Wildman–Crippen MR) is 74.4 cm³/mol. The lowest BCUT2D eigenvalue weighted by Gasteiger charge is -2.16. The van der Waals surface area contributed by atoms with Crippen LogP contribution < -0.4 is 10.6 Å². The molecule has 108 valence electrons. The first-order chi connectivity index (χ1) is 9.45. The standard InChI is InChI=1S/C13H15ClN2O4/c1-7-11(2-3-20-7)16-13(19)15-10-5-8(12(17)18)4-9(14)6-10/h4-7,11H,2-3H2,1H3,(H,17,18)(H2,15,16,19). The minimum absolute atomic E-state index is 0.0189. The van der Waals surface area contributed by atoms with E-state index < -0.39 is 12.0 Å². The fraction of sp³-hybridized carbons (Fsp3) is 0.385. The summed E-state index contributed by atoms with van der Waals surface area (Å²) in [6.07, 6.45) is 0.722. The van der Waals surface area contributed by atoms with Crippen LogP contribution in [0.5, 0.6) is 0 Å². The molecule has 2 amide bonds. The maximum absolute atomic E-state index is 11.8. The summed E-state index contributed by atoms with van der Waals surface area (Å²) in [4.78, 5) is 22.7. The largest absolute Gasteiger partial charge is 0.478 e. The highest BCUT2D eigenvalue weighted by Crippen LogP contribution is 2.19. The van der Waals surface area contributed by atoms with Crippen LogP contribution in [0.15, 0.2) is 18.2 Å². The Morgan fingerprint density at radius 1 is 1.40 bits per heavy atom. The number of benzene rings is 1. The number of urea groups is 1. The number of amides is 2. The number of ether oxygens (including phenoxy) is 1. The van der Waals surface area contributed by atoms with Crippen molar-refractivity contribution in [3.63, 3.8) is 0 Å². The molecule has 0 saturated carbocycles. The van der Waals surface area contributed by atoms with Crippen LogP contribution in [-0.4, -0.2) is 35.9 Å². The number of anilines is 1. The second-order valence-corrected chi connectivity index (χ2v) is 5.04. The summed E-state index contributed by atoms with van der Waals surface area (Å²) in [5.41, 5.74) is 0.351. The first kappa shape index (κ1) is 14.6. The molecule has 0 aromatic heterocycles. The van der Waals surface area contributed by atoms with E-state index in [2.05, 4.69) is 10.6 Å². The molecular formula is C13H15ClN2O4.